The van der Waals surface area contributed by atoms with E-state index in [2.05, 4.69) is 10.3 Å². The van der Waals surface area contributed by atoms with Crippen LogP contribution < -0.4 is 11.3 Å². The van der Waals surface area contributed by atoms with Crippen LogP contribution in [0.15, 0.2) is 0 Å². The van der Waals surface area contributed by atoms with Gasteiger partial charge in [0.15, 0.2) is 0 Å². The van der Waals surface area contributed by atoms with Crippen molar-refractivity contribution in [2.24, 2.45) is 5.84 Å². The fourth-order valence-corrected chi connectivity index (χ4v) is 1.56. The summed E-state index contributed by atoms with van der Waals surface area (Å²) in [6.07, 6.45) is 2.57. The van der Waals surface area contributed by atoms with Gasteiger partial charge in [-0.1, -0.05) is 0 Å². The third-order valence-electron chi connectivity index (χ3n) is 2.45. The summed E-state index contributed by atoms with van der Waals surface area (Å²) < 4.78 is 0. The van der Waals surface area contributed by atoms with Gasteiger partial charge in [-0.15, -0.1) is 0 Å². The van der Waals surface area contributed by atoms with E-state index in [9.17, 15) is 9.59 Å². The predicted molar refractivity (Wildman–Crippen MR) is 52.2 cm³/mol. The van der Waals surface area contributed by atoms with E-state index >= 15 is 0 Å². The number of amides is 1. The third kappa shape index (κ3) is 3.85. The van der Waals surface area contributed by atoms with Crippen LogP contribution >= 0.6 is 0 Å². The maximum Gasteiger partial charge on any atom is 0.233 e. The Morgan fingerprint density at radius 2 is 2.07 bits per heavy atom. The van der Waals surface area contributed by atoms with Crippen molar-refractivity contribution < 1.29 is 9.59 Å². The van der Waals surface area contributed by atoms with E-state index in [1.165, 1.54) is 0 Å². The van der Waals surface area contributed by atoms with E-state index in [0.29, 0.717) is 25.0 Å². The molecule has 1 rings (SSSR count). The van der Waals surface area contributed by atoms with Crippen molar-refractivity contribution in [1.29, 1.82) is 0 Å². The van der Waals surface area contributed by atoms with Crippen molar-refractivity contribution in [3.05, 3.63) is 0 Å². The number of nitrogens with one attached hydrogen (secondary N) is 1. The highest BCUT2D eigenvalue weighted by molar-refractivity contribution is 5.79. The smallest absolute Gasteiger partial charge is 0.233 e. The van der Waals surface area contributed by atoms with Crippen LogP contribution in [0.25, 0.3) is 0 Å². The SMILES string of the molecule is NNC(=O)CCCN1CCC(=O)CC1. The summed E-state index contributed by atoms with van der Waals surface area (Å²) in [6, 6.07) is 0. The molecule has 1 saturated heterocycles. The molecule has 0 spiro atoms. The van der Waals surface area contributed by atoms with Crippen LogP contribution in [0.5, 0.6) is 0 Å². The maximum atomic E-state index is 10.9. The summed E-state index contributed by atoms with van der Waals surface area (Å²) in [6.45, 7) is 2.55. The van der Waals surface area contributed by atoms with Crippen molar-refractivity contribution in [3.8, 4) is 0 Å². The molecular formula is C9H17N3O2. The van der Waals surface area contributed by atoms with Gasteiger partial charge in [-0.05, 0) is 13.0 Å². The normalized spacial score (nSPS) is 18.2. The first-order chi connectivity index (χ1) is 6.72. The van der Waals surface area contributed by atoms with E-state index in [1.807, 2.05) is 0 Å². The first-order valence-corrected chi connectivity index (χ1v) is 4.96. The molecule has 1 fully saturated rings. The second-order valence-electron chi connectivity index (χ2n) is 3.55. The number of nitrogens with two attached hydrogens (primary N) is 1. The number of hydrogen-bond donors (Lipinski definition) is 2. The van der Waals surface area contributed by atoms with E-state index in [-0.39, 0.29) is 5.91 Å². The number of hydrazine groups is 1. The Morgan fingerprint density at radius 1 is 1.43 bits per heavy atom. The van der Waals surface area contributed by atoms with Gasteiger partial charge in [0.1, 0.15) is 5.78 Å². The Morgan fingerprint density at radius 3 is 2.64 bits per heavy atom. The lowest BCUT2D eigenvalue weighted by Crippen LogP contribution is -2.35. The number of carbonyl (C=O) groups excluding carboxylic acids is 2. The fourth-order valence-electron chi connectivity index (χ4n) is 1.56. The molecule has 3 N–H and O–H groups in total. The first-order valence-electron chi connectivity index (χ1n) is 4.96. The number of carbonyl (C=O) groups is 2. The minimum Gasteiger partial charge on any atom is -0.302 e. The van der Waals surface area contributed by atoms with Crippen LogP contribution in [0.3, 0.4) is 0 Å². The number of Topliss-reactive ketones (excluding diaryl/α,β-unsaturated/α-hetero) is 1. The second-order valence-corrected chi connectivity index (χ2v) is 3.55. The third-order valence-corrected chi connectivity index (χ3v) is 2.45. The van der Waals surface area contributed by atoms with Gasteiger partial charge in [-0.3, -0.25) is 15.0 Å². The van der Waals surface area contributed by atoms with Gasteiger partial charge >= 0.3 is 0 Å². The lowest BCUT2D eigenvalue weighted by Gasteiger charge is -2.25. The average molecular weight is 199 g/mol. The van der Waals surface area contributed by atoms with Crippen LogP contribution in [0, 0.1) is 0 Å². The Kier molecular flexibility index (Phi) is 4.55. The number of piperidine rings is 1. The number of likely N-dealkylation sites (tertiary alicyclic amines) is 1. The molecule has 1 aliphatic heterocycles. The highest BCUT2D eigenvalue weighted by atomic mass is 16.2. The van der Waals surface area contributed by atoms with Crippen molar-refractivity contribution in [2.75, 3.05) is 19.6 Å². The van der Waals surface area contributed by atoms with Gasteiger partial charge in [0.25, 0.3) is 0 Å². The van der Waals surface area contributed by atoms with E-state index in [1.54, 1.807) is 0 Å². The molecule has 0 bridgehead atoms. The molecule has 0 aromatic rings. The zero-order chi connectivity index (χ0) is 10.4. The van der Waals surface area contributed by atoms with E-state index < -0.39 is 0 Å². The first kappa shape index (κ1) is 11.1. The molecule has 0 unspecified atom stereocenters. The molecule has 80 valence electrons. The maximum absolute atomic E-state index is 10.9. The predicted octanol–water partition coefficient (Wildman–Crippen LogP) is -0.579. The quantitative estimate of drug-likeness (QED) is 0.361. The molecule has 14 heavy (non-hydrogen) atoms. The van der Waals surface area contributed by atoms with Crippen molar-refractivity contribution in [2.45, 2.75) is 25.7 Å². The van der Waals surface area contributed by atoms with Crippen LogP contribution in [0.4, 0.5) is 0 Å². The molecule has 1 aliphatic rings. The summed E-state index contributed by atoms with van der Waals surface area (Å²) in [4.78, 5) is 23.9. The number of nitrogens with zero attached hydrogens (tertiary/aromatic N) is 1. The largest absolute Gasteiger partial charge is 0.302 e. The van der Waals surface area contributed by atoms with Gasteiger partial charge in [0.05, 0.1) is 0 Å². The number of rotatable bonds is 4. The van der Waals surface area contributed by atoms with Crippen LogP contribution in [-0.2, 0) is 9.59 Å². The molecular weight excluding hydrogens is 182 g/mol. The second kappa shape index (κ2) is 5.72. The van der Waals surface area contributed by atoms with Crippen LogP contribution in [0.2, 0.25) is 0 Å². The molecule has 0 aromatic carbocycles. The molecule has 5 heteroatoms. The van der Waals surface area contributed by atoms with Crippen molar-refractivity contribution in [3.63, 3.8) is 0 Å². The highest BCUT2D eigenvalue weighted by Gasteiger charge is 2.15. The molecule has 0 atom stereocenters. The number of ketones is 1. The van der Waals surface area contributed by atoms with Crippen LogP contribution in [0.1, 0.15) is 25.7 Å². The van der Waals surface area contributed by atoms with Gasteiger partial charge in [-0.25, -0.2) is 5.84 Å². The Balaban J connectivity index is 2.07. The van der Waals surface area contributed by atoms with Gasteiger partial charge in [0.2, 0.25) is 5.91 Å². The monoisotopic (exact) mass is 199 g/mol. The molecule has 1 heterocycles. The summed E-state index contributed by atoms with van der Waals surface area (Å²) >= 11 is 0. The fraction of sp³-hybridized carbons (Fsp3) is 0.778. The van der Waals surface area contributed by atoms with Crippen molar-refractivity contribution >= 4 is 11.7 Å². The summed E-state index contributed by atoms with van der Waals surface area (Å²) in [5, 5.41) is 0. The number of hydrogen-bond acceptors (Lipinski definition) is 4. The lowest BCUT2D eigenvalue weighted by molar-refractivity contribution is -0.123. The summed E-state index contributed by atoms with van der Waals surface area (Å²) in [7, 11) is 0. The zero-order valence-corrected chi connectivity index (χ0v) is 8.29. The average Bonchev–Trinajstić information content (AvgIpc) is 2.21. The van der Waals surface area contributed by atoms with Gasteiger partial charge in [-0.2, -0.15) is 0 Å². The van der Waals surface area contributed by atoms with Crippen molar-refractivity contribution in [1.82, 2.24) is 10.3 Å². The van der Waals surface area contributed by atoms with Gasteiger partial charge in [0, 0.05) is 32.4 Å². The van der Waals surface area contributed by atoms with E-state index in [4.69, 9.17) is 5.84 Å². The van der Waals surface area contributed by atoms with E-state index in [0.717, 1.165) is 26.1 Å². The minimum atomic E-state index is -0.127. The topological polar surface area (TPSA) is 75.4 Å². The summed E-state index contributed by atoms with van der Waals surface area (Å²) in [5.74, 6) is 5.17. The molecule has 1 amide bonds. The lowest BCUT2D eigenvalue weighted by atomic mass is 10.1. The Bertz CT molecular complexity index is 208. The van der Waals surface area contributed by atoms with Gasteiger partial charge < -0.3 is 4.90 Å². The highest BCUT2D eigenvalue weighted by Crippen LogP contribution is 2.06. The van der Waals surface area contributed by atoms with Crippen LogP contribution in [-0.4, -0.2) is 36.2 Å². The molecule has 0 radical (unpaired) electrons. The molecule has 0 aromatic heterocycles. The molecule has 0 saturated carbocycles. The molecule has 5 nitrogen and oxygen atoms in total. The molecule has 0 aliphatic carbocycles. The Labute approximate surface area is 83.6 Å². The standard InChI is InChI=1S/C9H17N3O2/c10-11-9(14)2-1-5-12-6-3-8(13)4-7-12/h1-7,10H2,(H,11,14). The Hall–Kier alpha value is -0.940. The zero-order valence-electron chi connectivity index (χ0n) is 8.29. The summed E-state index contributed by atoms with van der Waals surface area (Å²) in [5.41, 5.74) is 2.10. The minimum absolute atomic E-state index is 0.127.